The van der Waals surface area contributed by atoms with Crippen molar-refractivity contribution in [2.45, 2.75) is 32.5 Å². The van der Waals surface area contributed by atoms with Gasteiger partial charge in [-0.2, -0.15) is 11.8 Å². The van der Waals surface area contributed by atoms with Crippen LogP contribution < -0.4 is 10.6 Å². The van der Waals surface area contributed by atoms with Crippen molar-refractivity contribution >= 4 is 41.7 Å². The summed E-state index contributed by atoms with van der Waals surface area (Å²) in [6.07, 6.45) is 0.824. The van der Waals surface area contributed by atoms with Crippen molar-refractivity contribution in [3.63, 3.8) is 0 Å². The minimum Gasteiger partial charge on any atom is -0.387 e. The quantitative estimate of drug-likeness (QED) is 0.281. The number of aliphatic imine (C=N–C) groups is 1. The second kappa shape index (κ2) is 12.8. The van der Waals surface area contributed by atoms with E-state index in [-0.39, 0.29) is 24.0 Å². The van der Waals surface area contributed by atoms with E-state index in [0.29, 0.717) is 25.7 Å². The minimum atomic E-state index is -0.641. The molecule has 0 amide bonds. The molecule has 1 aromatic carbocycles. The van der Waals surface area contributed by atoms with Gasteiger partial charge in [-0.05, 0) is 30.6 Å². The van der Waals surface area contributed by atoms with E-state index in [4.69, 9.17) is 4.74 Å². The van der Waals surface area contributed by atoms with Crippen molar-refractivity contribution in [3.05, 3.63) is 35.9 Å². The molecule has 1 saturated heterocycles. The number of halogens is 1. The van der Waals surface area contributed by atoms with Gasteiger partial charge in [0.05, 0.1) is 25.4 Å². The van der Waals surface area contributed by atoms with Gasteiger partial charge < -0.3 is 20.5 Å². The highest BCUT2D eigenvalue weighted by Gasteiger charge is 2.31. The summed E-state index contributed by atoms with van der Waals surface area (Å²) in [4.78, 5) is 4.56. The van der Waals surface area contributed by atoms with E-state index in [9.17, 15) is 5.11 Å². The van der Waals surface area contributed by atoms with E-state index in [2.05, 4.69) is 34.7 Å². The van der Waals surface area contributed by atoms with Crippen LogP contribution in [0.2, 0.25) is 0 Å². The highest BCUT2D eigenvalue weighted by molar-refractivity contribution is 14.0. The Bertz CT molecular complexity index is 525. The molecule has 1 heterocycles. The van der Waals surface area contributed by atoms with Crippen LogP contribution in [0.5, 0.6) is 0 Å². The first-order valence-electron chi connectivity index (χ1n) is 9.05. The van der Waals surface area contributed by atoms with Gasteiger partial charge in [-0.1, -0.05) is 37.3 Å². The topological polar surface area (TPSA) is 65.9 Å². The molecule has 0 bridgehead atoms. The SMILES string of the molecule is CCNC(=NCC1(O)CCSC1)NCC(C)COCc1ccccc1.I. The summed E-state index contributed by atoms with van der Waals surface area (Å²) in [5.41, 5.74) is 0.553. The number of thioether (sulfide) groups is 1. The van der Waals surface area contributed by atoms with E-state index in [1.165, 1.54) is 5.56 Å². The number of hydrogen-bond donors (Lipinski definition) is 3. The molecule has 0 aromatic heterocycles. The molecule has 5 nitrogen and oxygen atoms in total. The standard InChI is InChI=1S/C19H31N3O2S.HI/c1-3-20-18(22-14-19(23)9-10-25-15-19)21-11-16(2)12-24-13-17-7-5-4-6-8-17;/h4-8,16,23H,3,9-15H2,1-2H3,(H2,20,21,22);1H. The van der Waals surface area contributed by atoms with Crippen molar-refractivity contribution < 1.29 is 9.84 Å². The van der Waals surface area contributed by atoms with Gasteiger partial charge in [0.15, 0.2) is 5.96 Å². The molecule has 7 heteroatoms. The Balaban J connectivity index is 0.00000338. The molecule has 0 saturated carbocycles. The van der Waals surface area contributed by atoms with Crippen molar-refractivity contribution in [1.82, 2.24) is 10.6 Å². The number of nitrogens with one attached hydrogen (secondary N) is 2. The third-order valence-corrected chi connectivity index (χ3v) is 5.32. The zero-order chi connectivity index (χ0) is 18.0. The van der Waals surface area contributed by atoms with Crippen LogP contribution in [0, 0.1) is 5.92 Å². The smallest absolute Gasteiger partial charge is 0.191 e. The van der Waals surface area contributed by atoms with E-state index in [0.717, 1.165) is 37.0 Å². The Labute approximate surface area is 178 Å². The fourth-order valence-corrected chi connectivity index (χ4v) is 3.86. The van der Waals surface area contributed by atoms with Crippen molar-refractivity contribution in [1.29, 1.82) is 0 Å². The Hall–Kier alpha value is -0.510. The van der Waals surface area contributed by atoms with Gasteiger partial charge in [-0.25, -0.2) is 0 Å². The van der Waals surface area contributed by atoms with Crippen LogP contribution in [-0.4, -0.2) is 54.4 Å². The normalized spacial score (nSPS) is 21.1. The Morgan fingerprint density at radius 1 is 1.35 bits per heavy atom. The van der Waals surface area contributed by atoms with Crippen LogP contribution in [0.3, 0.4) is 0 Å². The molecule has 26 heavy (non-hydrogen) atoms. The van der Waals surface area contributed by atoms with E-state index < -0.39 is 5.60 Å². The van der Waals surface area contributed by atoms with Crippen LogP contribution in [0.15, 0.2) is 35.3 Å². The Kier molecular flexibility index (Phi) is 11.6. The second-order valence-electron chi connectivity index (χ2n) is 6.71. The fourth-order valence-electron chi connectivity index (χ4n) is 2.57. The van der Waals surface area contributed by atoms with Crippen LogP contribution in [0.1, 0.15) is 25.8 Å². The molecule has 0 aliphatic carbocycles. The maximum absolute atomic E-state index is 10.4. The lowest BCUT2D eigenvalue weighted by molar-refractivity contribution is 0.0777. The lowest BCUT2D eigenvalue weighted by Gasteiger charge is -2.20. The molecule has 1 fully saturated rings. The summed E-state index contributed by atoms with van der Waals surface area (Å²) in [6.45, 7) is 7.58. The average Bonchev–Trinajstić information content (AvgIpc) is 3.05. The molecule has 1 aromatic rings. The summed E-state index contributed by atoms with van der Waals surface area (Å²) in [5, 5.41) is 17.0. The predicted octanol–water partition coefficient (Wildman–Crippen LogP) is 2.88. The summed E-state index contributed by atoms with van der Waals surface area (Å²) in [5.74, 6) is 2.94. The first kappa shape index (κ1) is 23.5. The average molecular weight is 493 g/mol. The number of ether oxygens (including phenoxy) is 1. The number of rotatable bonds is 9. The summed E-state index contributed by atoms with van der Waals surface area (Å²) in [7, 11) is 0. The van der Waals surface area contributed by atoms with E-state index in [1.807, 2.05) is 25.1 Å². The molecule has 1 aliphatic heterocycles. The molecule has 2 atom stereocenters. The third-order valence-electron chi connectivity index (χ3n) is 4.09. The molecule has 2 unspecified atom stereocenters. The van der Waals surface area contributed by atoms with Gasteiger partial charge in [0.2, 0.25) is 0 Å². The van der Waals surface area contributed by atoms with Crippen molar-refractivity contribution in [2.24, 2.45) is 10.9 Å². The lowest BCUT2D eigenvalue weighted by atomic mass is 10.1. The van der Waals surface area contributed by atoms with Crippen LogP contribution in [-0.2, 0) is 11.3 Å². The highest BCUT2D eigenvalue weighted by atomic mass is 127. The Morgan fingerprint density at radius 2 is 2.12 bits per heavy atom. The van der Waals surface area contributed by atoms with Crippen molar-refractivity contribution in [3.8, 4) is 0 Å². The molecule has 0 spiro atoms. The molecular weight excluding hydrogens is 461 g/mol. The summed E-state index contributed by atoms with van der Waals surface area (Å²) >= 11 is 1.79. The van der Waals surface area contributed by atoms with Gasteiger partial charge in [0.1, 0.15) is 0 Å². The largest absolute Gasteiger partial charge is 0.387 e. The first-order valence-corrected chi connectivity index (χ1v) is 10.2. The third kappa shape index (κ3) is 8.92. The number of hydrogen-bond acceptors (Lipinski definition) is 4. The molecule has 148 valence electrons. The Morgan fingerprint density at radius 3 is 2.77 bits per heavy atom. The number of guanidine groups is 1. The summed E-state index contributed by atoms with van der Waals surface area (Å²) < 4.78 is 5.79. The maximum atomic E-state index is 10.4. The number of aliphatic hydroxyl groups is 1. The molecule has 2 rings (SSSR count). The summed E-state index contributed by atoms with van der Waals surface area (Å²) in [6, 6.07) is 10.2. The fraction of sp³-hybridized carbons (Fsp3) is 0.632. The van der Waals surface area contributed by atoms with Crippen molar-refractivity contribution in [2.75, 3.05) is 37.7 Å². The van der Waals surface area contributed by atoms with Gasteiger partial charge >= 0.3 is 0 Å². The lowest BCUT2D eigenvalue weighted by Crippen LogP contribution is -2.42. The second-order valence-corrected chi connectivity index (χ2v) is 7.81. The minimum absolute atomic E-state index is 0. The zero-order valence-electron chi connectivity index (χ0n) is 15.7. The first-order chi connectivity index (χ1) is 12.1. The zero-order valence-corrected chi connectivity index (χ0v) is 18.9. The predicted molar refractivity (Wildman–Crippen MR) is 122 cm³/mol. The van der Waals surface area contributed by atoms with Crippen LogP contribution in [0.25, 0.3) is 0 Å². The molecule has 1 aliphatic rings. The number of benzene rings is 1. The monoisotopic (exact) mass is 493 g/mol. The van der Waals surface area contributed by atoms with E-state index >= 15 is 0 Å². The molecular formula is C19H32IN3O2S. The maximum Gasteiger partial charge on any atom is 0.191 e. The molecule has 0 radical (unpaired) electrons. The highest BCUT2D eigenvalue weighted by Crippen LogP contribution is 2.27. The van der Waals surface area contributed by atoms with Gasteiger partial charge in [0.25, 0.3) is 0 Å². The number of nitrogens with zero attached hydrogens (tertiary/aromatic N) is 1. The van der Waals surface area contributed by atoms with Crippen LogP contribution in [0.4, 0.5) is 0 Å². The van der Waals surface area contributed by atoms with E-state index in [1.54, 1.807) is 11.8 Å². The van der Waals surface area contributed by atoms with Gasteiger partial charge in [0, 0.05) is 18.8 Å². The van der Waals surface area contributed by atoms with Gasteiger partial charge in [-0.15, -0.1) is 24.0 Å². The van der Waals surface area contributed by atoms with Crippen LogP contribution >= 0.6 is 35.7 Å². The molecule has 3 N–H and O–H groups in total. The van der Waals surface area contributed by atoms with Gasteiger partial charge in [-0.3, -0.25) is 4.99 Å².